The number of hydrogen-bond acceptors (Lipinski definition) is 16. The van der Waals surface area contributed by atoms with Gasteiger partial charge in [-0.15, -0.1) is 13.1 Å². The fourth-order valence-electron chi connectivity index (χ4n) is 4.94. The molecular weight excluding hydrogens is 1010 g/mol. The van der Waals surface area contributed by atoms with Gasteiger partial charge in [0, 0.05) is 45.2 Å². The Balaban J connectivity index is 0.000000503. The maximum Gasteiger partial charge on any atom is 0.433 e. The van der Waals surface area contributed by atoms with E-state index in [1.165, 1.54) is 62.6 Å². The Hall–Kier alpha value is -5.79. The molecule has 0 aliphatic carbocycles. The molecule has 0 radical (unpaired) electrons. The molecule has 5 heterocycles. The summed E-state index contributed by atoms with van der Waals surface area (Å²) in [5, 5.41) is 14.4. The second kappa shape index (κ2) is 25.4. The fourth-order valence-corrected chi connectivity index (χ4v) is 8.30. The van der Waals surface area contributed by atoms with Crippen LogP contribution >= 0.6 is 0 Å². The molecule has 0 fully saturated rings. The zero-order chi connectivity index (χ0) is 53.5. The van der Waals surface area contributed by atoms with E-state index in [0.717, 1.165) is 36.8 Å². The third-order valence-corrected chi connectivity index (χ3v) is 16.0. The number of hydrogen-bond donors (Lipinski definition) is 1. The number of aryl methyl sites for hydroxylation is 2. The van der Waals surface area contributed by atoms with Crippen LogP contribution in [-0.2, 0) is 65.4 Å². The van der Waals surface area contributed by atoms with Crippen LogP contribution < -0.4 is 0 Å². The number of aliphatic hydroxyl groups is 1. The highest BCUT2D eigenvalue weighted by atomic mass is 32.2. The van der Waals surface area contributed by atoms with E-state index < -0.39 is 80.5 Å². The van der Waals surface area contributed by atoms with Crippen molar-refractivity contribution in [2.45, 2.75) is 95.1 Å². The maximum atomic E-state index is 12.7. The van der Waals surface area contributed by atoms with Crippen LogP contribution in [0, 0.1) is 11.5 Å². The second-order valence-electron chi connectivity index (χ2n) is 14.8. The van der Waals surface area contributed by atoms with Crippen LogP contribution in [0.25, 0.3) is 0 Å². The van der Waals surface area contributed by atoms with Crippen molar-refractivity contribution < 1.29 is 72.3 Å². The minimum absolute atomic E-state index is 0. The molecule has 0 aromatic carbocycles. The van der Waals surface area contributed by atoms with Gasteiger partial charge in [-0.05, 0) is 68.5 Å². The highest BCUT2D eigenvalue weighted by Crippen LogP contribution is 2.33. The number of alkyl halides is 9. The second-order valence-corrected chi connectivity index (χ2v) is 22.6. The van der Waals surface area contributed by atoms with E-state index in [1.54, 1.807) is 20.8 Å². The topological polar surface area (TPSA) is 240 Å². The van der Waals surface area contributed by atoms with Crippen LogP contribution in [0.15, 0.2) is 89.4 Å². The minimum Gasteiger partial charge on any atom is -0.430 e. The number of carbonyl (C=O) groups is 1. The molecule has 5 rings (SSSR count). The average molecular weight is 1060 g/mol. The maximum absolute atomic E-state index is 12.7. The Kier molecular flexibility index (Phi) is 21.9. The van der Waals surface area contributed by atoms with Crippen LogP contribution in [0.2, 0.25) is 0 Å². The zero-order valence-corrected chi connectivity index (χ0v) is 41.4. The molecule has 5 aromatic rings. The number of nitrogens with zero attached hydrogens (tertiary/aromatic N) is 9. The first-order chi connectivity index (χ1) is 32.3. The summed E-state index contributed by atoms with van der Waals surface area (Å²) in [6.07, 6.45) is -0.233. The molecule has 6 atom stereocenters. The summed E-state index contributed by atoms with van der Waals surface area (Å²) in [5.41, 5.74) is -0.493. The molecule has 5 aromatic heterocycles. The van der Waals surface area contributed by atoms with E-state index in [1.807, 2.05) is 13.8 Å². The van der Waals surface area contributed by atoms with E-state index in [4.69, 9.17) is 19.2 Å². The molecule has 0 spiro atoms. The number of ketones is 1. The summed E-state index contributed by atoms with van der Waals surface area (Å²) >= 11 is 0. The lowest BCUT2D eigenvalue weighted by Crippen LogP contribution is -2.11. The Morgan fingerprint density at radius 3 is 1.16 bits per heavy atom. The Morgan fingerprint density at radius 1 is 0.643 bits per heavy atom. The van der Waals surface area contributed by atoms with Gasteiger partial charge in [-0.3, -0.25) is 19.7 Å². The highest BCUT2D eigenvalue weighted by Gasteiger charge is 2.34. The van der Waals surface area contributed by atoms with Crippen LogP contribution in [0.5, 0.6) is 0 Å². The number of aliphatic hydroxyl groups excluding tert-OH is 1. The highest BCUT2D eigenvalue weighted by molar-refractivity contribution is 7.93. The van der Waals surface area contributed by atoms with Gasteiger partial charge in [0.2, 0.25) is 6.19 Å². The predicted octanol–water partition coefficient (Wildman–Crippen LogP) is 11.2. The van der Waals surface area contributed by atoms with Crippen LogP contribution in [0.3, 0.4) is 0 Å². The molecule has 0 amide bonds. The molecule has 0 saturated carbocycles. The SMILES string of the molecule is CC(c1ccc(C(F)(F)F)nc1)S(C)(=O)=NC#N.CCC(=O)CO.CCc1coc(N=S(C)(=O)C(C)c2ccc(C(F)(F)F)nc2)n1.CCc1coc(N=S(C)(=O)C(C)c2ccc(C(F)(F)F)nc2)n1.[HH]. The molecule has 1 N–H and O–H groups in total. The van der Waals surface area contributed by atoms with Gasteiger partial charge >= 0.3 is 30.6 Å². The summed E-state index contributed by atoms with van der Waals surface area (Å²) in [6.45, 7) is 9.94. The first-order valence-corrected chi connectivity index (χ1v) is 26.3. The summed E-state index contributed by atoms with van der Waals surface area (Å²) in [6, 6.07) is 6.24. The zero-order valence-electron chi connectivity index (χ0n) is 39.0. The number of aromatic nitrogens is 5. The van der Waals surface area contributed by atoms with Crippen LogP contribution in [0.4, 0.5) is 51.5 Å². The van der Waals surface area contributed by atoms with E-state index in [-0.39, 0.29) is 25.8 Å². The van der Waals surface area contributed by atoms with E-state index in [2.05, 4.69) is 38.0 Å². The Bertz CT molecular complexity index is 2770. The van der Waals surface area contributed by atoms with Crippen molar-refractivity contribution in [1.29, 1.82) is 5.26 Å². The number of Topliss-reactive ketones (excluding diaryl/α,β-unsaturated/α-hetero) is 1. The van der Waals surface area contributed by atoms with Crippen molar-refractivity contribution in [2.75, 3.05) is 25.4 Å². The summed E-state index contributed by atoms with van der Waals surface area (Å²) in [5.74, 6) is -0.102. The lowest BCUT2D eigenvalue weighted by atomic mass is 10.2. The molecule has 16 nitrogen and oxygen atoms in total. The Morgan fingerprint density at radius 2 is 0.957 bits per heavy atom. The number of nitriles is 1. The first kappa shape index (κ1) is 60.3. The van der Waals surface area contributed by atoms with Crippen LogP contribution in [-0.4, -0.2) is 73.8 Å². The monoisotopic (exact) mass is 1060 g/mol. The molecule has 6 unspecified atom stereocenters. The van der Waals surface area contributed by atoms with Crippen molar-refractivity contribution in [1.82, 2.24) is 24.9 Å². The van der Waals surface area contributed by atoms with Gasteiger partial charge in [-0.1, -0.05) is 39.0 Å². The molecule has 0 aliphatic heterocycles. The molecule has 28 heteroatoms. The number of rotatable bonds is 12. The van der Waals surface area contributed by atoms with Crippen LogP contribution in [0.1, 0.15) is 110 Å². The third kappa shape index (κ3) is 18.5. The number of carbonyl (C=O) groups excluding carboxylic acids is 1. The molecule has 0 aliphatic rings. The van der Waals surface area contributed by atoms with Crippen molar-refractivity contribution in [3.8, 4) is 6.19 Å². The van der Waals surface area contributed by atoms with Gasteiger partial charge in [-0.2, -0.15) is 54.7 Å². The van der Waals surface area contributed by atoms with Crippen molar-refractivity contribution in [2.24, 2.45) is 13.1 Å². The van der Waals surface area contributed by atoms with Gasteiger partial charge in [0.15, 0.2) is 5.78 Å². The number of oxazole rings is 2. The first-order valence-electron chi connectivity index (χ1n) is 20.4. The van der Waals surface area contributed by atoms with E-state index in [0.29, 0.717) is 47.3 Å². The van der Waals surface area contributed by atoms with Gasteiger partial charge in [0.25, 0.3) is 0 Å². The minimum atomic E-state index is -4.51. The van der Waals surface area contributed by atoms with Gasteiger partial charge in [0.05, 0.1) is 56.3 Å². The van der Waals surface area contributed by atoms with Gasteiger partial charge in [-0.25, -0.2) is 12.6 Å². The normalized spacial score (nSPS) is 15.4. The quantitative estimate of drug-likeness (QED) is 0.0904. The lowest BCUT2D eigenvalue weighted by Gasteiger charge is -2.14. The summed E-state index contributed by atoms with van der Waals surface area (Å²) in [4.78, 5) is 28.1. The third-order valence-electron chi connectivity index (χ3n) is 9.72. The molecule has 388 valence electrons. The molecular formula is C42H52F9N9O7S3. The van der Waals surface area contributed by atoms with Crippen molar-refractivity contribution in [3.05, 3.63) is 113 Å². The summed E-state index contributed by atoms with van der Waals surface area (Å²) < 4.78 is 171. The number of pyridine rings is 3. The molecule has 0 bridgehead atoms. The molecule has 70 heavy (non-hydrogen) atoms. The fraction of sp³-hybridized carbons (Fsp3) is 0.452. The predicted molar refractivity (Wildman–Crippen MR) is 244 cm³/mol. The van der Waals surface area contributed by atoms with E-state index in [9.17, 15) is 56.9 Å². The smallest absolute Gasteiger partial charge is 0.430 e. The van der Waals surface area contributed by atoms with Gasteiger partial charge < -0.3 is 13.9 Å². The number of halogens is 9. The standard InChI is InChI=1S/2C14H16F3N3O2S.C10H10F3N3OS.C4H8O2.H2/c2*1-4-11-8-22-13(19-11)20-23(3,21)9(2)10-5-6-12(18-7-10)14(15,16)17;1-7(18(2,17)16-6-14)8-3-4-9(15-5-8)10(11,12)13;1-2-4(6)3-5;/h2*5-9H,4H2,1-3H3;3-5,7H,1-2H3;5H,2-3H2,1H3;1H. The van der Waals surface area contributed by atoms with Crippen molar-refractivity contribution >= 4 is 47.0 Å². The lowest BCUT2D eigenvalue weighted by molar-refractivity contribution is -0.142. The van der Waals surface area contributed by atoms with Gasteiger partial charge in [0.1, 0.15) is 36.2 Å². The summed E-state index contributed by atoms with van der Waals surface area (Å²) in [7, 11) is -8.44. The van der Waals surface area contributed by atoms with Crippen molar-refractivity contribution in [3.63, 3.8) is 0 Å². The average Bonchev–Trinajstić information content (AvgIpc) is 3.96. The largest absolute Gasteiger partial charge is 0.433 e. The molecule has 0 saturated heterocycles. The Labute approximate surface area is 400 Å². The van der Waals surface area contributed by atoms with E-state index >= 15 is 0 Å².